The standard InChI is InChI=1S/C37H35F2N5O8/c1-2-48-29-10-12-44(25-7-4-23(38)5-8-25)37(46)32(29)35(45)42-24-6-9-28(26(39)20-24)52-36-31-27(40-22-41-36)21-30(33-34(31)51-19-18-50-33)49-15-3-11-43-13-16-47-17-14-43/h4-10,12,20-22H,2-3,11,13-19H2,1H3,(H,42,45). The fourth-order valence-corrected chi connectivity index (χ4v) is 5.93. The first-order valence-corrected chi connectivity index (χ1v) is 16.8. The number of benzene rings is 3. The number of carbonyl (C=O) groups is 1. The lowest BCUT2D eigenvalue weighted by Crippen LogP contribution is -2.37. The first kappa shape index (κ1) is 34.6. The fraction of sp³-hybridized carbons (Fsp3) is 0.297. The Kier molecular flexibility index (Phi) is 10.4. The molecule has 1 N–H and O–H groups in total. The number of rotatable bonds is 12. The smallest absolute Gasteiger partial charge is 0.271 e. The molecule has 4 heterocycles. The molecule has 2 aliphatic rings. The molecular formula is C37H35F2N5O8. The molecular weight excluding hydrogens is 680 g/mol. The molecule has 1 amide bonds. The van der Waals surface area contributed by atoms with Crippen molar-refractivity contribution in [2.75, 3.05) is 64.6 Å². The highest BCUT2D eigenvalue weighted by Crippen LogP contribution is 2.48. The lowest BCUT2D eigenvalue weighted by atomic mass is 10.1. The Bertz CT molecular complexity index is 2140. The second-order valence-corrected chi connectivity index (χ2v) is 11.8. The van der Waals surface area contributed by atoms with Gasteiger partial charge in [0.25, 0.3) is 11.5 Å². The molecule has 2 aromatic heterocycles. The quantitative estimate of drug-likeness (QED) is 0.167. The summed E-state index contributed by atoms with van der Waals surface area (Å²) in [5.41, 5.74) is -0.182. The highest BCUT2D eigenvalue weighted by molar-refractivity contribution is 6.06. The van der Waals surface area contributed by atoms with E-state index in [-0.39, 0.29) is 41.8 Å². The van der Waals surface area contributed by atoms with Crippen molar-refractivity contribution in [2.24, 2.45) is 0 Å². The van der Waals surface area contributed by atoms with Gasteiger partial charge in [0.2, 0.25) is 11.6 Å². The number of halogens is 2. The van der Waals surface area contributed by atoms with Crippen molar-refractivity contribution < 1.29 is 42.0 Å². The van der Waals surface area contributed by atoms with Gasteiger partial charge in [-0.05, 0) is 55.8 Å². The van der Waals surface area contributed by atoms with Crippen LogP contribution in [0.1, 0.15) is 23.7 Å². The summed E-state index contributed by atoms with van der Waals surface area (Å²) in [5.74, 6) is -1.09. The minimum Gasteiger partial charge on any atom is -0.493 e. The first-order valence-electron chi connectivity index (χ1n) is 16.8. The van der Waals surface area contributed by atoms with Gasteiger partial charge in [0, 0.05) is 49.3 Å². The summed E-state index contributed by atoms with van der Waals surface area (Å²) in [5, 5.41) is 2.94. The number of nitrogens with one attached hydrogen (secondary N) is 1. The molecule has 0 spiro atoms. The summed E-state index contributed by atoms with van der Waals surface area (Å²) in [6.07, 6.45) is 3.52. The SMILES string of the molecule is CCOc1ccn(-c2ccc(F)cc2)c(=O)c1C(=O)Nc1ccc(Oc2ncnc3cc(OCCCN4CCOCC4)c4c(c23)OCCO4)c(F)c1. The van der Waals surface area contributed by atoms with Gasteiger partial charge in [-0.3, -0.25) is 19.1 Å². The molecule has 2 aliphatic heterocycles. The Morgan fingerprint density at radius 1 is 0.904 bits per heavy atom. The maximum Gasteiger partial charge on any atom is 0.271 e. The summed E-state index contributed by atoms with van der Waals surface area (Å²) >= 11 is 0. The number of hydrogen-bond donors (Lipinski definition) is 1. The van der Waals surface area contributed by atoms with Crippen LogP contribution in [0.3, 0.4) is 0 Å². The molecule has 270 valence electrons. The zero-order chi connectivity index (χ0) is 36.0. The van der Waals surface area contributed by atoms with E-state index in [1.54, 1.807) is 13.0 Å². The molecule has 1 fully saturated rings. The van der Waals surface area contributed by atoms with E-state index < -0.39 is 23.1 Å². The Morgan fingerprint density at radius 2 is 1.69 bits per heavy atom. The van der Waals surface area contributed by atoms with Gasteiger partial charge in [0.1, 0.15) is 42.1 Å². The van der Waals surface area contributed by atoms with Crippen molar-refractivity contribution >= 4 is 22.5 Å². The molecule has 0 aliphatic carbocycles. The highest BCUT2D eigenvalue weighted by Gasteiger charge is 2.26. The first-order chi connectivity index (χ1) is 25.4. The minimum atomic E-state index is -0.831. The number of anilines is 1. The molecule has 0 atom stereocenters. The fourth-order valence-electron chi connectivity index (χ4n) is 5.93. The van der Waals surface area contributed by atoms with Crippen LogP contribution in [0.25, 0.3) is 16.6 Å². The largest absolute Gasteiger partial charge is 0.493 e. The van der Waals surface area contributed by atoms with Gasteiger partial charge >= 0.3 is 0 Å². The van der Waals surface area contributed by atoms with E-state index in [9.17, 15) is 14.0 Å². The van der Waals surface area contributed by atoms with E-state index >= 15 is 4.39 Å². The molecule has 0 unspecified atom stereocenters. The Morgan fingerprint density at radius 3 is 2.46 bits per heavy atom. The number of pyridine rings is 1. The molecule has 0 saturated carbocycles. The molecule has 13 nitrogen and oxygen atoms in total. The van der Waals surface area contributed by atoms with Crippen LogP contribution in [0.15, 0.2) is 71.9 Å². The Labute approximate surface area is 296 Å². The van der Waals surface area contributed by atoms with Crippen molar-refractivity contribution in [3.8, 4) is 40.3 Å². The summed E-state index contributed by atoms with van der Waals surface area (Å²) in [6, 6.07) is 12.2. The number of ether oxygens (including phenoxy) is 6. The number of fused-ring (bicyclic) bond motifs is 3. The number of morpholine rings is 1. The molecule has 0 radical (unpaired) electrons. The maximum absolute atomic E-state index is 15.6. The van der Waals surface area contributed by atoms with E-state index in [1.807, 2.05) is 0 Å². The van der Waals surface area contributed by atoms with E-state index in [4.69, 9.17) is 28.4 Å². The predicted molar refractivity (Wildman–Crippen MR) is 185 cm³/mol. The van der Waals surface area contributed by atoms with Crippen molar-refractivity contribution in [1.29, 1.82) is 0 Å². The van der Waals surface area contributed by atoms with Gasteiger partial charge < -0.3 is 33.7 Å². The second-order valence-electron chi connectivity index (χ2n) is 11.8. The summed E-state index contributed by atoms with van der Waals surface area (Å²) in [4.78, 5) is 37.9. The minimum absolute atomic E-state index is 0.0216. The van der Waals surface area contributed by atoms with Crippen LogP contribution in [0.2, 0.25) is 0 Å². The average molecular weight is 716 g/mol. The van der Waals surface area contributed by atoms with Gasteiger partial charge in [0.05, 0.1) is 31.9 Å². The molecule has 0 bridgehead atoms. The lowest BCUT2D eigenvalue weighted by molar-refractivity contribution is 0.0357. The normalized spacial score (nSPS) is 14.2. The van der Waals surface area contributed by atoms with Crippen LogP contribution in [-0.4, -0.2) is 84.6 Å². The molecule has 3 aromatic carbocycles. The third-order valence-corrected chi connectivity index (χ3v) is 8.40. The zero-order valence-corrected chi connectivity index (χ0v) is 28.2. The predicted octanol–water partition coefficient (Wildman–Crippen LogP) is 5.37. The maximum atomic E-state index is 15.6. The van der Waals surface area contributed by atoms with E-state index in [0.29, 0.717) is 47.1 Å². The Hall–Kier alpha value is -5.80. The second kappa shape index (κ2) is 15.6. The highest BCUT2D eigenvalue weighted by atomic mass is 19.1. The van der Waals surface area contributed by atoms with E-state index in [1.165, 1.54) is 59.6 Å². The number of nitrogens with zero attached hydrogens (tertiary/aromatic N) is 4. The average Bonchev–Trinajstić information content (AvgIpc) is 3.15. The molecule has 5 aromatic rings. The third-order valence-electron chi connectivity index (χ3n) is 8.40. The lowest BCUT2D eigenvalue weighted by Gasteiger charge is -2.26. The number of hydrogen-bond acceptors (Lipinski definition) is 11. The molecule has 7 rings (SSSR count). The number of aromatic nitrogens is 3. The van der Waals surface area contributed by atoms with Crippen LogP contribution in [0, 0.1) is 11.6 Å². The summed E-state index contributed by atoms with van der Waals surface area (Å²) in [6.45, 7) is 7.04. The summed E-state index contributed by atoms with van der Waals surface area (Å²) < 4.78 is 65.2. The number of carbonyl (C=O) groups excluding carboxylic acids is 1. The van der Waals surface area contributed by atoms with Crippen LogP contribution in [-0.2, 0) is 4.74 Å². The van der Waals surface area contributed by atoms with Gasteiger partial charge in [-0.25, -0.2) is 18.7 Å². The van der Waals surface area contributed by atoms with Gasteiger partial charge in [-0.1, -0.05) is 0 Å². The van der Waals surface area contributed by atoms with Crippen LogP contribution in [0.4, 0.5) is 14.5 Å². The Balaban J connectivity index is 1.10. The topological polar surface area (TPSA) is 136 Å². The van der Waals surface area contributed by atoms with Gasteiger partial charge in [-0.2, -0.15) is 0 Å². The number of amides is 1. The van der Waals surface area contributed by atoms with Crippen LogP contribution >= 0.6 is 0 Å². The van der Waals surface area contributed by atoms with Gasteiger partial charge in [-0.15, -0.1) is 0 Å². The van der Waals surface area contributed by atoms with Crippen molar-refractivity contribution in [2.45, 2.75) is 13.3 Å². The molecule has 15 heteroatoms. The molecule has 1 saturated heterocycles. The van der Waals surface area contributed by atoms with Crippen molar-refractivity contribution in [1.82, 2.24) is 19.4 Å². The van der Waals surface area contributed by atoms with Gasteiger partial charge in [0.15, 0.2) is 23.1 Å². The molecule has 52 heavy (non-hydrogen) atoms. The summed E-state index contributed by atoms with van der Waals surface area (Å²) in [7, 11) is 0. The van der Waals surface area contributed by atoms with Crippen LogP contribution in [0.5, 0.6) is 34.6 Å². The van der Waals surface area contributed by atoms with Crippen molar-refractivity contribution in [3.05, 3.63) is 94.7 Å². The van der Waals surface area contributed by atoms with Crippen molar-refractivity contribution in [3.63, 3.8) is 0 Å². The van der Waals surface area contributed by atoms with E-state index in [2.05, 4.69) is 20.2 Å². The third kappa shape index (κ3) is 7.45. The monoisotopic (exact) mass is 715 g/mol. The zero-order valence-electron chi connectivity index (χ0n) is 28.2. The van der Waals surface area contributed by atoms with E-state index in [0.717, 1.165) is 45.3 Å². The van der Waals surface area contributed by atoms with Crippen LogP contribution < -0.4 is 34.6 Å².